The molecule has 5 heteroatoms. The van der Waals surface area contributed by atoms with Crippen molar-refractivity contribution in [3.8, 4) is 0 Å². The summed E-state index contributed by atoms with van der Waals surface area (Å²) in [6.45, 7) is 1.48. The minimum atomic E-state index is -4.02. The SMILES string of the molecule is NC(C1CCC(C(F)(F)F)CC1)C1CCCOC1. The van der Waals surface area contributed by atoms with Gasteiger partial charge in [0.2, 0.25) is 0 Å². The van der Waals surface area contributed by atoms with Gasteiger partial charge in [-0.1, -0.05) is 0 Å². The molecule has 2 N–H and O–H groups in total. The van der Waals surface area contributed by atoms with E-state index in [-0.39, 0.29) is 24.8 Å². The van der Waals surface area contributed by atoms with Crippen LogP contribution >= 0.6 is 0 Å². The highest BCUT2D eigenvalue weighted by Gasteiger charge is 2.42. The molecule has 18 heavy (non-hydrogen) atoms. The first-order chi connectivity index (χ1) is 8.48. The predicted octanol–water partition coefficient (Wildman–Crippen LogP) is 3.11. The normalized spacial score (nSPS) is 36.3. The van der Waals surface area contributed by atoms with Gasteiger partial charge in [-0.3, -0.25) is 0 Å². The maximum Gasteiger partial charge on any atom is 0.391 e. The van der Waals surface area contributed by atoms with Crippen LogP contribution in [0.15, 0.2) is 0 Å². The molecule has 2 unspecified atom stereocenters. The third-order valence-corrected chi connectivity index (χ3v) is 4.52. The van der Waals surface area contributed by atoms with Crippen LogP contribution in [0.4, 0.5) is 13.2 Å². The molecule has 0 spiro atoms. The first-order valence-corrected chi connectivity index (χ1v) is 6.88. The van der Waals surface area contributed by atoms with Gasteiger partial charge in [-0.05, 0) is 50.4 Å². The maximum absolute atomic E-state index is 12.6. The molecule has 0 aromatic heterocycles. The Morgan fingerprint density at radius 2 is 1.67 bits per heavy atom. The van der Waals surface area contributed by atoms with E-state index >= 15 is 0 Å². The van der Waals surface area contributed by atoms with Crippen molar-refractivity contribution in [3.05, 3.63) is 0 Å². The largest absolute Gasteiger partial charge is 0.391 e. The van der Waals surface area contributed by atoms with Crippen molar-refractivity contribution in [3.63, 3.8) is 0 Å². The molecular weight excluding hydrogens is 243 g/mol. The molecule has 0 amide bonds. The average molecular weight is 265 g/mol. The summed E-state index contributed by atoms with van der Waals surface area (Å²) in [7, 11) is 0. The molecule has 2 rings (SSSR count). The van der Waals surface area contributed by atoms with Crippen LogP contribution in [-0.4, -0.2) is 25.4 Å². The zero-order valence-corrected chi connectivity index (χ0v) is 10.6. The molecule has 1 aliphatic heterocycles. The van der Waals surface area contributed by atoms with Crippen LogP contribution in [0.1, 0.15) is 38.5 Å². The quantitative estimate of drug-likeness (QED) is 0.832. The van der Waals surface area contributed by atoms with Crippen LogP contribution in [0.5, 0.6) is 0 Å². The van der Waals surface area contributed by atoms with Crippen LogP contribution in [0.3, 0.4) is 0 Å². The molecule has 1 saturated carbocycles. The summed E-state index contributed by atoms with van der Waals surface area (Å²) in [5, 5.41) is 0. The topological polar surface area (TPSA) is 35.2 Å². The maximum atomic E-state index is 12.6. The predicted molar refractivity (Wildman–Crippen MR) is 63.0 cm³/mol. The first kappa shape index (κ1) is 14.1. The van der Waals surface area contributed by atoms with Crippen molar-refractivity contribution in [2.45, 2.75) is 50.7 Å². The number of halogens is 3. The molecule has 0 aromatic rings. The molecule has 2 atom stereocenters. The molecule has 2 nitrogen and oxygen atoms in total. The van der Waals surface area contributed by atoms with E-state index in [9.17, 15) is 13.2 Å². The van der Waals surface area contributed by atoms with Gasteiger partial charge in [0.15, 0.2) is 0 Å². The summed E-state index contributed by atoms with van der Waals surface area (Å²) < 4.78 is 43.1. The Labute approximate surface area is 106 Å². The average Bonchev–Trinajstić information content (AvgIpc) is 2.38. The number of nitrogens with two attached hydrogens (primary N) is 1. The number of ether oxygens (including phenoxy) is 1. The molecule has 0 bridgehead atoms. The van der Waals surface area contributed by atoms with E-state index < -0.39 is 12.1 Å². The van der Waals surface area contributed by atoms with Crippen LogP contribution in [0.2, 0.25) is 0 Å². The molecule has 0 radical (unpaired) electrons. The van der Waals surface area contributed by atoms with E-state index in [1.54, 1.807) is 0 Å². The number of rotatable bonds is 2. The summed E-state index contributed by atoms with van der Waals surface area (Å²) in [5.41, 5.74) is 6.22. The van der Waals surface area contributed by atoms with Gasteiger partial charge in [0.1, 0.15) is 0 Å². The van der Waals surface area contributed by atoms with Crippen molar-refractivity contribution in [2.24, 2.45) is 23.5 Å². The Morgan fingerprint density at radius 1 is 1.00 bits per heavy atom. The van der Waals surface area contributed by atoms with Crippen molar-refractivity contribution in [2.75, 3.05) is 13.2 Å². The fourth-order valence-corrected chi connectivity index (χ4v) is 3.29. The van der Waals surface area contributed by atoms with E-state index in [0.29, 0.717) is 25.4 Å². The summed E-state index contributed by atoms with van der Waals surface area (Å²) in [6.07, 6.45) is -0.228. The zero-order chi connectivity index (χ0) is 13.2. The van der Waals surface area contributed by atoms with Gasteiger partial charge in [-0.25, -0.2) is 0 Å². The second kappa shape index (κ2) is 5.78. The van der Waals surface area contributed by atoms with Gasteiger partial charge in [-0.2, -0.15) is 13.2 Å². The molecule has 1 saturated heterocycles. The van der Waals surface area contributed by atoms with E-state index in [0.717, 1.165) is 19.4 Å². The third kappa shape index (κ3) is 3.38. The molecular formula is C13H22F3NO. The monoisotopic (exact) mass is 265 g/mol. The second-order valence-corrected chi connectivity index (χ2v) is 5.71. The highest BCUT2D eigenvalue weighted by atomic mass is 19.4. The van der Waals surface area contributed by atoms with E-state index in [2.05, 4.69) is 0 Å². The van der Waals surface area contributed by atoms with Crippen LogP contribution < -0.4 is 5.73 Å². The van der Waals surface area contributed by atoms with Crippen molar-refractivity contribution < 1.29 is 17.9 Å². The van der Waals surface area contributed by atoms with Crippen LogP contribution in [-0.2, 0) is 4.74 Å². The Bertz CT molecular complexity index is 255. The van der Waals surface area contributed by atoms with E-state index in [1.165, 1.54) is 0 Å². The van der Waals surface area contributed by atoms with Crippen LogP contribution in [0.25, 0.3) is 0 Å². The van der Waals surface area contributed by atoms with Gasteiger partial charge >= 0.3 is 6.18 Å². The van der Waals surface area contributed by atoms with Gasteiger partial charge in [0.05, 0.1) is 12.5 Å². The fourth-order valence-electron chi connectivity index (χ4n) is 3.29. The second-order valence-electron chi connectivity index (χ2n) is 5.71. The molecule has 2 fully saturated rings. The van der Waals surface area contributed by atoms with Crippen LogP contribution in [0, 0.1) is 17.8 Å². The lowest BCUT2D eigenvalue weighted by molar-refractivity contribution is -0.184. The highest BCUT2D eigenvalue weighted by molar-refractivity contribution is 4.86. The molecule has 106 valence electrons. The zero-order valence-electron chi connectivity index (χ0n) is 10.6. The van der Waals surface area contributed by atoms with E-state index in [4.69, 9.17) is 10.5 Å². The summed E-state index contributed by atoms with van der Waals surface area (Å²) in [5.74, 6) is -0.523. The molecule has 2 aliphatic rings. The third-order valence-electron chi connectivity index (χ3n) is 4.52. The molecule has 1 heterocycles. The lowest BCUT2D eigenvalue weighted by atomic mass is 9.74. The standard InChI is InChI=1S/C13H22F3NO/c14-13(15,16)11-5-3-9(4-6-11)12(17)10-2-1-7-18-8-10/h9-12H,1-8,17H2. The highest BCUT2D eigenvalue weighted by Crippen LogP contribution is 2.41. The Hall–Kier alpha value is -0.290. The number of alkyl halides is 3. The summed E-state index contributed by atoms with van der Waals surface area (Å²) >= 11 is 0. The molecule has 0 aromatic carbocycles. The fraction of sp³-hybridized carbons (Fsp3) is 1.00. The minimum absolute atomic E-state index is 0.0134. The Balaban J connectivity index is 1.81. The van der Waals surface area contributed by atoms with Gasteiger partial charge in [0.25, 0.3) is 0 Å². The summed E-state index contributed by atoms with van der Waals surface area (Å²) in [6, 6.07) is 0.0134. The minimum Gasteiger partial charge on any atom is -0.381 e. The first-order valence-electron chi connectivity index (χ1n) is 6.88. The number of hydrogen-bond acceptors (Lipinski definition) is 2. The van der Waals surface area contributed by atoms with Gasteiger partial charge in [-0.15, -0.1) is 0 Å². The number of hydrogen-bond donors (Lipinski definition) is 1. The van der Waals surface area contributed by atoms with Crippen molar-refractivity contribution in [1.29, 1.82) is 0 Å². The summed E-state index contributed by atoms with van der Waals surface area (Å²) in [4.78, 5) is 0. The lowest BCUT2D eigenvalue weighted by Crippen LogP contribution is -2.43. The van der Waals surface area contributed by atoms with Crippen molar-refractivity contribution in [1.82, 2.24) is 0 Å². The van der Waals surface area contributed by atoms with Gasteiger partial charge in [0, 0.05) is 12.6 Å². The Kier molecular flexibility index (Phi) is 4.54. The smallest absolute Gasteiger partial charge is 0.381 e. The van der Waals surface area contributed by atoms with Crippen molar-refractivity contribution >= 4 is 0 Å². The molecule has 1 aliphatic carbocycles. The lowest BCUT2D eigenvalue weighted by Gasteiger charge is -2.37. The Morgan fingerprint density at radius 3 is 2.17 bits per heavy atom. The van der Waals surface area contributed by atoms with E-state index in [1.807, 2.05) is 0 Å². The van der Waals surface area contributed by atoms with Gasteiger partial charge < -0.3 is 10.5 Å².